The Morgan fingerprint density at radius 2 is 1.77 bits per heavy atom. The minimum absolute atomic E-state index is 0.0873. The third-order valence-electron chi connectivity index (χ3n) is 3.71. The van der Waals surface area contributed by atoms with E-state index in [9.17, 15) is 13.2 Å². The number of aromatic nitrogens is 1. The number of carbonyl (C=O) groups excluding carboxylic acids is 1. The number of carbonyl (C=O) groups is 1. The Morgan fingerprint density at radius 1 is 1.00 bits per heavy atom. The molecule has 26 heavy (non-hydrogen) atoms. The van der Waals surface area contributed by atoms with E-state index in [4.69, 9.17) is 4.42 Å². The van der Waals surface area contributed by atoms with Crippen LogP contribution in [0.25, 0.3) is 0 Å². The van der Waals surface area contributed by atoms with Gasteiger partial charge in [-0.3, -0.25) is 9.78 Å². The number of rotatable bonds is 7. The van der Waals surface area contributed by atoms with Crippen molar-refractivity contribution in [3.05, 3.63) is 84.1 Å². The van der Waals surface area contributed by atoms with Gasteiger partial charge < -0.3 is 9.73 Å². The van der Waals surface area contributed by atoms with Crippen LogP contribution in [0.1, 0.15) is 22.0 Å². The molecule has 0 saturated carbocycles. The highest BCUT2D eigenvalue weighted by Crippen LogP contribution is 2.18. The molecule has 1 amide bonds. The Morgan fingerprint density at radius 3 is 2.50 bits per heavy atom. The van der Waals surface area contributed by atoms with Crippen molar-refractivity contribution in [2.45, 2.75) is 17.1 Å². The van der Waals surface area contributed by atoms with Crippen LogP contribution < -0.4 is 5.32 Å². The monoisotopic (exact) mass is 370 g/mol. The number of hydrogen-bond acceptors (Lipinski definition) is 5. The minimum atomic E-state index is -3.51. The smallest absolute Gasteiger partial charge is 0.287 e. The van der Waals surface area contributed by atoms with Gasteiger partial charge in [-0.2, -0.15) is 0 Å². The summed E-state index contributed by atoms with van der Waals surface area (Å²) in [5, 5.41) is 2.73. The number of nitrogens with zero attached hydrogens (tertiary/aromatic N) is 1. The second-order valence-corrected chi connectivity index (χ2v) is 7.65. The Kier molecular flexibility index (Phi) is 5.48. The average Bonchev–Trinajstić information content (AvgIpc) is 3.11. The van der Waals surface area contributed by atoms with Gasteiger partial charge in [0.1, 0.15) is 11.5 Å². The summed E-state index contributed by atoms with van der Waals surface area (Å²) in [5.41, 5.74) is 0.877. The van der Waals surface area contributed by atoms with E-state index >= 15 is 0 Å². The van der Waals surface area contributed by atoms with E-state index in [1.165, 1.54) is 24.3 Å². The number of sulfone groups is 1. The molecule has 0 saturated heterocycles. The third kappa shape index (κ3) is 4.58. The van der Waals surface area contributed by atoms with Gasteiger partial charge in [-0.1, -0.05) is 24.3 Å². The molecule has 1 N–H and O–H groups in total. The van der Waals surface area contributed by atoms with Gasteiger partial charge in [0.15, 0.2) is 15.6 Å². The van der Waals surface area contributed by atoms with E-state index in [1.54, 1.807) is 24.4 Å². The highest BCUT2D eigenvalue weighted by molar-refractivity contribution is 7.90. The molecule has 2 aromatic heterocycles. The van der Waals surface area contributed by atoms with Crippen molar-refractivity contribution < 1.29 is 17.6 Å². The zero-order valence-electron chi connectivity index (χ0n) is 14.0. The Hall–Kier alpha value is -2.93. The number of amides is 1. The summed E-state index contributed by atoms with van der Waals surface area (Å²) in [7, 11) is -3.51. The van der Waals surface area contributed by atoms with Crippen molar-refractivity contribution in [2.24, 2.45) is 0 Å². The van der Waals surface area contributed by atoms with Crippen LogP contribution in [-0.4, -0.2) is 25.9 Å². The maximum Gasteiger partial charge on any atom is 0.287 e. The summed E-state index contributed by atoms with van der Waals surface area (Å²) in [6.07, 6.45) is 2.30. The van der Waals surface area contributed by atoms with Gasteiger partial charge in [0.25, 0.3) is 5.91 Å². The first-order valence-corrected chi connectivity index (χ1v) is 9.74. The highest BCUT2D eigenvalue weighted by Gasteiger charge is 2.19. The summed E-state index contributed by atoms with van der Waals surface area (Å²) in [6.45, 7) is 0.411. The second kappa shape index (κ2) is 7.97. The predicted octanol–water partition coefficient (Wildman–Crippen LogP) is 2.62. The van der Waals surface area contributed by atoms with Gasteiger partial charge in [-0.25, -0.2) is 8.42 Å². The lowest BCUT2D eigenvalue weighted by Gasteiger charge is -2.03. The molecular formula is C19H18N2O4S. The fraction of sp³-hybridized carbons (Fsp3) is 0.158. The van der Waals surface area contributed by atoms with Gasteiger partial charge >= 0.3 is 0 Å². The zero-order chi connectivity index (χ0) is 18.4. The molecule has 7 heteroatoms. The first-order valence-electron chi connectivity index (χ1n) is 8.09. The molecule has 0 aliphatic rings. The van der Waals surface area contributed by atoms with Crippen LogP contribution in [0.2, 0.25) is 0 Å². The maximum atomic E-state index is 12.3. The first-order chi connectivity index (χ1) is 12.5. The molecule has 0 fully saturated rings. The molecular weight excluding hydrogens is 352 g/mol. The standard InChI is InChI=1S/C19H18N2O4S/c22-19(21-13-11-15-6-4-5-12-20-15)18-10-9-16(25-18)14-26(23,24)17-7-2-1-3-8-17/h1-10,12H,11,13-14H2,(H,21,22). The molecule has 2 heterocycles. The van der Waals surface area contributed by atoms with E-state index in [2.05, 4.69) is 10.3 Å². The molecule has 0 spiro atoms. The van der Waals surface area contributed by atoms with Crippen LogP contribution in [0, 0.1) is 0 Å². The molecule has 0 aliphatic heterocycles. The number of pyridine rings is 1. The van der Waals surface area contributed by atoms with Crippen molar-refractivity contribution in [1.29, 1.82) is 0 Å². The number of furan rings is 1. The van der Waals surface area contributed by atoms with Crippen molar-refractivity contribution in [3.63, 3.8) is 0 Å². The van der Waals surface area contributed by atoms with E-state index < -0.39 is 9.84 Å². The number of benzene rings is 1. The van der Waals surface area contributed by atoms with Crippen LogP contribution in [0.15, 0.2) is 76.2 Å². The Labute approximate surface area is 151 Å². The molecule has 0 aliphatic carbocycles. The molecule has 0 bridgehead atoms. The summed E-state index contributed by atoms with van der Waals surface area (Å²) in [6, 6.07) is 16.7. The highest BCUT2D eigenvalue weighted by atomic mass is 32.2. The lowest BCUT2D eigenvalue weighted by molar-refractivity contribution is 0.0925. The lowest BCUT2D eigenvalue weighted by atomic mass is 10.2. The normalized spacial score (nSPS) is 11.2. The molecule has 3 rings (SSSR count). The number of hydrogen-bond donors (Lipinski definition) is 1. The summed E-state index contributed by atoms with van der Waals surface area (Å²) in [5.74, 6) is -0.365. The first kappa shape index (κ1) is 17.9. The fourth-order valence-electron chi connectivity index (χ4n) is 2.41. The SMILES string of the molecule is O=C(NCCc1ccccn1)c1ccc(CS(=O)(=O)c2ccccc2)o1. The maximum absolute atomic E-state index is 12.3. The van der Waals surface area contributed by atoms with E-state index in [-0.39, 0.29) is 28.1 Å². The van der Waals surface area contributed by atoms with Crippen LogP contribution in [0.3, 0.4) is 0 Å². The lowest BCUT2D eigenvalue weighted by Crippen LogP contribution is -2.25. The van der Waals surface area contributed by atoms with Crippen LogP contribution in [-0.2, 0) is 22.0 Å². The Bertz CT molecular complexity index is 967. The molecule has 0 atom stereocenters. The second-order valence-electron chi connectivity index (χ2n) is 5.67. The number of nitrogens with one attached hydrogen (secondary N) is 1. The molecule has 134 valence electrons. The van der Waals surface area contributed by atoms with Crippen molar-refractivity contribution in [1.82, 2.24) is 10.3 Å². The zero-order valence-corrected chi connectivity index (χ0v) is 14.8. The van der Waals surface area contributed by atoms with Gasteiger partial charge in [0, 0.05) is 24.9 Å². The van der Waals surface area contributed by atoms with Gasteiger partial charge in [0.05, 0.1) is 4.90 Å². The summed E-state index contributed by atoms with van der Waals surface area (Å²) >= 11 is 0. The average molecular weight is 370 g/mol. The van der Waals surface area contributed by atoms with Crippen LogP contribution in [0.4, 0.5) is 0 Å². The quantitative estimate of drug-likeness (QED) is 0.690. The van der Waals surface area contributed by atoms with Gasteiger partial charge in [-0.05, 0) is 36.4 Å². The van der Waals surface area contributed by atoms with Crippen molar-refractivity contribution in [3.8, 4) is 0 Å². The minimum Gasteiger partial charge on any atom is -0.455 e. The van der Waals surface area contributed by atoms with E-state index in [0.717, 1.165) is 5.69 Å². The Balaban J connectivity index is 1.58. The van der Waals surface area contributed by atoms with Crippen molar-refractivity contribution >= 4 is 15.7 Å². The van der Waals surface area contributed by atoms with Gasteiger partial charge in [-0.15, -0.1) is 0 Å². The van der Waals surface area contributed by atoms with Crippen LogP contribution >= 0.6 is 0 Å². The third-order valence-corrected chi connectivity index (χ3v) is 5.37. The summed E-state index contributed by atoms with van der Waals surface area (Å²) in [4.78, 5) is 16.5. The van der Waals surface area contributed by atoms with Crippen LogP contribution in [0.5, 0.6) is 0 Å². The van der Waals surface area contributed by atoms with E-state index in [1.807, 2.05) is 18.2 Å². The van der Waals surface area contributed by atoms with Gasteiger partial charge in [0.2, 0.25) is 0 Å². The largest absolute Gasteiger partial charge is 0.455 e. The fourth-order valence-corrected chi connectivity index (χ4v) is 3.68. The predicted molar refractivity (Wildman–Crippen MR) is 96.3 cm³/mol. The summed E-state index contributed by atoms with van der Waals surface area (Å²) < 4.78 is 30.1. The molecule has 1 aromatic carbocycles. The molecule has 0 unspecified atom stereocenters. The van der Waals surface area contributed by atoms with Crippen molar-refractivity contribution in [2.75, 3.05) is 6.54 Å². The molecule has 3 aromatic rings. The molecule has 0 radical (unpaired) electrons. The molecule has 6 nitrogen and oxygen atoms in total. The van der Waals surface area contributed by atoms with E-state index in [0.29, 0.717) is 13.0 Å². The topological polar surface area (TPSA) is 89.3 Å².